The molecule has 0 aliphatic carbocycles. The molecule has 3 N–H and O–H groups in total. The first-order valence-electron chi connectivity index (χ1n) is 6.81. The quantitative estimate of drug-likeness (QED) is 0.692. The van der Waals surface area contributed by atoms with E-state index in [1.165, 1.54) is 0 Å². The molecule has 0 aromatic carbocycles. The van der Waals surface area contributed by atoms with Gasteiger partial charge in [0.05, 0.1) is 5.60 Å². The second-order valence-corrected chi connectivity index (χ2v) is 5.88. The number of hydrogen-bond acceptors (Lipinski definition) is 7. The van der Waals surface area contributed by atoms with Gasteiger partial charge in [-0.2, -0.15) is 15.0 Å². The van der Waals surface area contributed by atoms with E-state index in [4.69, 9.17) is 0 Å². The van der Waals surface area contributed by atoms with Crippen LogP contribution in [0.15, 0.2) is 0 Å². The van der Waals surface area contributed by atoms with Crippen LogP contribution in [-0.4, -0.2) is 53.3 Å². The van der Waals surface area contributed by atoms with Crippen LogP contribution in [0, 0.1) is 5.92 Å². The van der Waals surface area contributed by atoms with Crippen molar-refractivity contribution >= 4 is 17.8 Å². The Bertz CT molecular complexity index is 433. The largest absolute Gasteiger partial charge is 0.388 e. The maximum atomic E-state index is 10.3. The van der Waals surface area contributed by atoms with Gasteiger partial charge in [-0.05, 0) is 19.3 Å². The molecule has 0 saturated carbocycles. The van der Waals surface area contributed by atoms with Gasteiger partial charge < -0.3 is 20.6 Å². The standard InChI is InChI=1S/C13H26N6O/c1-9(2)7-13(3,20)8-15-11-16-10(14-4)17-12(18-11)19(5)6/h9,20H,7-8H2,1-6H3,(H2,14,15,16,17,18). The third-order valence-electron chi connectivity index (χ3n) is 2.72. The molecule has 1 rings (SSSR count). The fraction of sp³-hybridized carbons (Fsp3) is 0.769. The van der Waals surface area contributed by atoms with E-state index in [0.717, 1.165) is 0 Å². The Kier molecular flexibility index (Phi) is 5.50. The summed E-state index contributed by atoms with van der Waals surface area (Å²) >= 11 is 0. The van der Waals surface area contributed by atoms with Crippen LogP contribution in [0.2, 0.25) is 0 Å². The smallest absolute Gasteiger partial charge is 0.231 e. The zero-order chi connectivity index (χ0) is 15.3. The lowest BCUT2D eigenvalue weighted by atomic mass is 9.94. The zero-order valence-corrected chi connectivity index (χ0v) is 13.2. The van der Waals surface area contributed by atoms with Crippen molar-refractivity contribution in [3.8, 4) is 0 Å². The molecule has 0 amide bonds. The van der Waals surface area contributed by atoms with Gasteiger partial charge in [-0.15, -0.1) is 0 Å². The Morgan fingerprint density at radius 1 is 1.20 bits per heavy atom. The summed E-state index contributed by atoms with van der Waals surface area (Å²) in [6.45, 7) is 6.37. The van der Waals surface area contributed by atoms with Crippen LogP contribution in [0.1, 0.15) is 27.2 Å². The van der Waals surface area contributed by atoms with E-state index in [2.05, 4.69) is 39.4 Å². The fourth-order valence-electron chi connectivity index (χ4n) is 1.98. The van der Waals surface area contributed by atoms with E-state index in [1.807, 2.05) is 21.0 Å². The maximum absolute atomic E-state index is 10.3. The lowest BCUT2D eigenvalue weighted by molar-refractivity contribution is 0.0514. The number of aliphatic hydroxyl groups is 1. The summed E-state index contributed by atoms with van der Waals surface area (Å²) in [4.78, 5) is 14.6. The third kappa shape index (κ3) is 5.16. The van der Waals surface area contributed by atoms with Crippen LogP contribution in [0.4, 0.5) is 17.8 Å². The van der Waals surface area contributed by atoms with Gasteiger partial charge in [0.1, 0.15) is 0 Å². The summed E-state index contributed by atoms with van der Waals surface area (Å²) < 4.78 is 0. The lowest BCUT2D eigenvalue weighted by Gasteiger charge is -2.25. The fourth-order valence-corrected chi connectivity index (χ4v) is 1.98. The molecule has 0 aliphatic heterocycles. The molecule has 114 valence electrons. The van der Waals surface area contributed by atoms with E-state index in [0.29, 0.717) is 36.7 Å². The van der Waals surface area contributed by atoms with Gasteiger partial charge in [-0.1, -0.05) is 13.8 Å². The summed E-state index contributed by atoms with van der Waals surface area (Å²) in [6, 6.07) is 0. The van der Waals surface area contributed by atoms with E-state index in [9.17, 15) is 5.11 Å². The Morgan fingerprint density at radius 3 is 2.30 bits per heavy atom. The van der Waals surface area contributed by atoms with Crippen molar-refractivity contribution in [1.82, 2.24) is 15.0 Å². The Hall–Kier alpha value is -1.63. The first-order chi connectivity index (χ1) is 9.23. The highest BCUT2D eigenvalue weighted by Crippen LogP contribution is 2.17. The summed E-state index contributed by atoms with van der Waals surface area (Å²) in [5.41, 5.74) is -0.793. The molecule has 0 radical (unpaired) electrons. The van der Waals surface area contributed by atoms with E-state index < -0.39 is 5.60 Å². The van der Waals surface area contributed by atoms with E-state index in [-0.39, 0.29) is 0 Å². The Morgan fingerprint density at radius 2 is 1.80 bits per heavy atom. The second-order valence-electron chi connectivity index (χ2n) is 5.88. The molecule has 20 heavy (non-hydrogen) atoms. The van der Waals surface area contributed by atoms with Crippen LogP contribution in [0.25, 0.3) is 0 Å². The normalized spacial score (nSPS) is 14.0. The van der Waals surface area contributed by atoms with Crippen molar-refractivity contribution in [1.29, 1.82) is 0 Å². The predicted molar refractivity (Wildman–Crippen MR) is 82.3 cm³/mol. The number of rotatable bonds is 7. The summed E-state index contributed by atoms with van der Waals surface area (Å²) in [7, 11) is 5.49. The number of aromatic nitrogens is 3. The predicted octanol–water partition coefficient (Wildman–Crippen LogP) is 1.19. The third-order valence-corrected chi connectivity index (χ3v) is 2.72. The van der Waals surface area contributed by atoms with Crippen LogP contribution in [0.3, 0.4) is 0 Å². The van der Waals surface area contributed by atoms with E-state index >= 15 is 0 Å². The minimum absolute atomic E-state index is 0.394. The van der Waals surface area contributed by atoms with Gasteiger partial charge in [0, 0.05) is 27.7 Å². The highest BCUT2D eigenvalue weighted by molar-refractivity contribution is 5.42. The van der Waals surface area contributed by atoms with E-state index in [1.54, 1.807) is 11.9 Å². The molecule has 1 aromatic rings. The van der Waals surface area contributed by atoms with Gasteiger partial charge in [0.2, 0.25) is 17.8 Å². The van der Waals surface area contributed by atoms with Crippen LogP contribution in [-0.2, 0) is 0 Å². The molecule has 0 aliphatic rings. The summed E-state index contributed by atoms with van der Waals surface area (Å²) in [5, 5.41) is 16.3. The molecule has 0 spiro atoms. The molecule has 1 unspecified atom stereocenters. The highest BCUT2D eigenvalue weighted by Gasteiger charge is 2.22. The summed E-state index contributed by atoms with van der Waals surface area (Å²) in [5.74, 6) is 1.94. The topological polar surface area (TPSA) is 86.2 Å². The van der Waals surface area contributed by atoms with Crippen molar-refractivity contribution in [3.05, 3.63) is 0 Å². The average Bonchev–Trinajstić information content (AvgIpc) is 2.34. The Balaban J connectivity index is 2.79. The van der Waals surface area contributed by atoms with Crippen molar-refractivity contribution < 1.29 is 5.11 Å². The number of nitrogens with one attached hydrogen (secondary N) is 2. The number of hydrogen-bond donors (Lipinski definition) is 3. The molecule has 1 heterocycles. The molecule has 1 aromatic heterocycles. The number of anilines is 3. The first kappa shape index (κ1) is 16.4. The minimum atomic E-state index is -0.793. The molecular formula is C13H26N6O. The molecule has 0 bridgehead atoms. The van der Waals surface area contributed by atoms with Gasteiger partial charge in [0.25, 0.3) is 0 Å². The number of nitrogens with zero attached hydrogens (tertiary/aromatic N) is 4. The van der Waals surface area contributed by atoms with Crippen molar-refractivity contribution in [2.45, 2.75) is 32.8 Å². The average molecular weight is 282 g/mol. The first-order valence-corrected chi connectivity index (χ1v) is 6.81. The minimum Gasteiger partial charge on any atom is -0.388 e. The van der Waals surface area contributed by atoms with Gasteiger partial charge in [-0.3, -0.25) is 0 Å². The van der Waals surface area contributed by atoms with Crippen molar-refractivity contribution in [2.24, 2.45) is 5.92 Å². The van der Waals surface area contributed by atoms with Crippen molar-refractivity contribution in [3.63, 3.8) is 0 Å². The van der Waals surface area contributed by atoms with Crippen LogP contribution < -0.4 is 15.5 Å². The van der Waals surface area contributed by atoms with Crippen LogP contribution >= 0.6 is 0 Å². The molecule has 7 nitrogen and oxygen atoms in total. The monoisotopic (exact) mass is 282 g/mol. The molecule has 0 fully saturated rings. The van der Waals surface area contributed by atoms with Crippen LogP contribution in [0.5, 0.6) is 0 Å². The summed E-state index contributed by atoms with van der Waals surface area (Å²) in [6.07, 6.45) is 0.713. The van der Waals surface area contributed by atoms with Gasteiger partial charge in [-0.25, -0.2) is 0 Å². The lowest BCUT2D eigenvalue weighted by Crippen LogP contribution is -2.35. The Labute approximate surface area is 120 Å². The molecule has 7 heteroatoms. The second kappa shape index (κ2) is 6.69. The van der Waals surface area contributed by atoms with Gasteiger partial charge >= 0.3 is 0 Å². The zero-order valence-electron chi connectivity index (χ0n) is 13.2. The van der Waals surface area contributed by atoms with Gasteiger partial charge in [0.15, 0.2) is 0 Å². The van der Waals surface area contributed by atoms with Crippen molar-refractivity contribution in [2.75, 3.05) is 43.2 Å². The molecular weight excluding hydrogens is 256 g/mol. The SMILES string of the molecule is CNc1nc(NCC(C)(O)CC(C)C)nc(N(C)C)n1. The molecule has 0 saturated heterocycles. The maximum Gasteiger partial charge on any atom is 0.231 e. The highest BCUT2D eigenvalue weighted by atomic mass is 16.3. The molecule has 1 atom stereocenters.